The highest BCUT2D eigenvalue weighted by Crippen LogP contribution is 2.51. The van der Waals surface area contributed by atoms with Gasteiger partial charge in [-0.1, -0.05) is 89.7 Å². The Hall–Kier alpha value is -0.243. The van der Waals surface area contributed by atoms with Crippen molar-refractivity contribution in [1.82, 2.24) is 0 Å². The van der Waals surface area contributed by atoms with Gasteiger partial charge >= 0.3 is 0 Å². The number of hydrogen-bond acceptors (Lipinski definition) is 0. The van der Waals surface area contributed by atoms with Crippen LogP contribution in [-0.2, 0) is 0 Å². The minimum Gasteiger partial charge on any atom is -0.0886 e. The Balaban J connectivity index is 2.58. The lowest BCUT2D eigenvalue weighted by molar-refractivity contribution is 0.507. The number of rotatable bonds is 2. The molecule has 0 saturated heterocycles. The maximum atomic E-state index is 6.88. The highest BCUT2D eigenvalue weighted by Gasteiger charge is 2.38. The molecule has 2 aliphatic carbocycles. The van der Waals surface area contributed by atoms with Crippen LogP contribution in [0.4, 0.5) is 0 Å². The van der Waals surface area contributed by atoms with E-state index in [0.717, 1.165) is 10.1 Å². The number of halogens is 2. The van der Waals surface area contributed by atoms with Gasteiger partial charge in [0.05, 0.1) is 9.52 Å². The molecule has 140 valence electrons. The smallest absolute Gasteiger partial charge is 0.0886 e. The summed E-state index contributed by atoms with van der Waals surface area (Å²) in [5.74, 6) is 0.694. The first-order chi connectivity index (χ1) is 11.2. The third-order valence-corrected chi connectivity index (χ3v) is 9.62. The minimum absolute atomic E-state index is 0.120. The molecule has 0 fully saturated rings. The van der Waals surface area contributed by atoms with E-state index in [1.54, 1.807) is 0 Å². The van der Waals surface area contributed by atoms with Crippen LogP contribution in [0.15, 0.2) is 42.7 Å². The van der Waals surface area contributed by atoms with Crippen LogP contribution in [0.5, 0.6) is 0 Å². The summed E-state index contributed by atoms with van der Waals surface area (Å²) in [6, 6.07) is 0. The van der Waals surface area contributed by atoms with Crippen LogP contribution < -0.4 is 0 Å². The van der Waals surface area contributed by atoms with Gasteiger partial charge in [0.15, 0.2) is 0 Å². The van der Waals surface area contributed by atoms with Crippen molar-refractivity contribution in [3.05, 3.63) is 42.7 Å². The Morgan fingerprint density at radius 3 is 1.20 bits per heavy atom. The van der Waals surface area contributed by atoms with Crippen LogP contribution >= 0.6 is 23.2 Å². The second kappa shape index (κ2) is 6.73. The monoisotopic (exact) mass is 396 g/mol. The van der Waals surface area contributed by atoms with Gasteiger partial charge in [-0.2, -0.15) is 0 Å². The Bertz CT molecular complexity index is 656. The average Bonchev–Trinajstić information content (AvgIpc) is 2.79. The van der Waals surface area contributed by atoms with E-state index in [4.69, 9.17) is 23.2 Å². The highest BCUT2D eigenvalue weighted by atomic mass is 35.5. The molecule has 2 unspecified atom stereocenters. The van der Waals surface area contributed by atoms with Gasteiger partial charge in [-0.3, -0.25) is 0 Å². The Kier molecular flexibility index (Phi) is 5.67. The molecule has 3 heteroatoms. The van der Waals surface area contributed by atoms with Crippen molar-refractivity contribution in [1.29, 1.82) is 0 Å². The molecular weight excluding hydrogens is 363 g/mol. The highest BCUT2D eigenvalue weighted by molar-refractivity contribution is 6.61. The second-order valence-corrected chi connectivity index (χ2v) is 12.5. The lowest BCUT2D eigenvalue weighted by Crippen LogP contribution is -2.20. The van der Waals surface area contributed by atoms with Gasteiger partial charge < -0.3 is 0 Å². The fourth-order valence-corrected chi connectivity index (χ4v) is 8.85. The van der Waals surface area contributed by atoms with Crippen molar-refractivity contribution in [2.45, 2.75) is 69.2 Å². The molecule has 0 amide bonds. The molecule has 0 aromatic heterocycles. The van der Waals surface area contributed by atoms with E-state index in [-0.39, 0.29) is 10.8 Å². The molecule has 0 N–H and O–H groups in total. The lowest BCUT2D eigenvalue weighted by atomic mass is 9.84. The van der Waals surface area contributed by atoms with E-state index >= 15 is 0 Å². The molecule has 2 atom stereocenters. The fourth-order valence-electron chi connectivity index (χ4n) is 4.66. The van der Waals surface area contributed by atoms with Gasteiger partial charge in [-0.25, -0.2) is 0 Å². The predicted octanol–water partition coefficient (Wildman–Crippen LogP) is 7.08. The van der Waals surface area contributed by atoms with Crippen LogP contribution in [0.2, 0.25) is 0 Å². The van der Waals surface area contributed by atoms with E-state index in [1.165, 1.54) is 32.7 Å². The van der Waals surface area contributed by atoms with Gasteiger partial charge in [-0.15, -0.1) is 0 Å². The zero-order valence-electron chi connectivity index (χ0n) is 17.6. The zero-order chi connectivity index (χ0) is 19.5. The summed E-state index contributed by atoms with van der Waals surface area (Å²) in [5, 5.41) is 5.01. The van der Waals surface area contributed by atoms with E-state index < -0.39 is 9.52 Å². The maximum Gasteiger partial charge on any atom is 0.0913 e. The second-order valence-electron chi connectivity index (χ2n) is 9.89. The van der Waals surface area contributed by atoms with Crippen LogP contribution in [0.25, 0.3) is 0 Å². The SMILES string of the molecule is CC1=C(C(C)(C)C)C([SiH2]C2=C(Cl)C(C)C(C)=C2C(C)(C)C)=C(Cl)C1C. The third-order valence-electron chi connectivity index (χ3n) is 5.88. The Morgan fingerprint density at radius 2 is 0.960 bits per heavy atom. The molecule has 25 heavy (non-hydrogen) atoms. The average molecular weight is 398 g/mol. The molecule has 0 aromatic rings. The summed E-state index contributed by atoms with van der Waals surface area (Å²) < 4.78 is 0. The largest absolute Gasteiger partial charge is 0.0913 e. The molecule has 0 bridgehead atoms. The first-order valence-electron chi connectivity index (χ1n) is 9.39. The van der Waals surface area contributed by atoms with Gasteiger partial charge in [0.25, 0.3) is 0 Å². The maximum absolute atomic E-state index is 6.88. The topological polar surface area (TPSA) is 0 Å². The van der Waals surface area contributed by atoms with Gasteiger partial charge in [0.1, 0.15) is 0 Å². The molecule has 0 spiro atoms. The predicted molar refractivity (Wildman–Crippen MR) is 117 cm³/mol. The molecule has 0 aliphatic heterocycles. The normalized spacial score (nSPS) is 26.4. The lowest BCUT2D eigenvalue weighted by Gasteiger charge is -2.29. The summed E-state index contributed by atoms with van der Waals surface area (Å²) in [7, 11) is -0.733. The zero-order valence-corrected chi connectivity index (χ0v) is 20.5. The quantitative estimate of drug-likeness (QED) is 0.437. The van der Waals surface area contributed by atoms with Crippen molar-refractivity contribution in [2.24, 2.45) is 22.7 Å². The summed E-state index contributed by atoms with van der Waals surface area (Å²) >= 11 is 13.8. The van der Waals surface area contributed by atoms with Crippen molar-refractivity contribution in [3.63, 3.8) is 0 Å². The first kappa shape index (κ1) is 21.1. The third kappa shape index (κ3) is 3.62. The standard InChI is InChI=1S/C22H34Cl2Si/c1-11-13(3)17(23)19(15(11)21(5,6)7)25-20-16(22(8,9)10)12(2)14(4)18(20)24/h13-14H,25H2,1-10H3. The van der Waals surface area contributed by atoms with E-state index in [2.05, 4.69) is 69.2 Å². The molecule has 0 heterocycles. The number of hydrogen-bond donors (Lipinski definition) is 0. The summed E-state index contributed by atoms with van der Waals surface area (Å²) in [5.41, 5.74) is 6.10. The molecule has 0 radical (unpaired) electrons. The van der Waals surface area contributed by atoms with Gasteiger partial charge in [0.2, 0.25) is 0 Å². The number of allylic oxidation sites excluding steroid dienone is 8. The van der Waals surface area contributed by atoms with Crippen LogP contribution in [0.1, 0.15) is 69.2 Å². The molecule has 2 aliphatic rings. The van der Waals surface area contributed by atoms with Crippen molar-refractivity contribution in [2.75, 3.05) is 0 Å². The summed E-state index contributed by atoms with van der Waals surface area (Å²) in [4.78, 5) is 0. The van der Waals surface area contributed by atoms with Crippen molar-refractivity contribution in [3.8, 4) is 0 Å². The minimum atomic E-state index is -0.733. The van der Waals surface area contributed by atoms with E-state index in [0.29, 0.717) is 11.8 Å². The van der Waals surface area contributed by atoms with Crippen LogP contribution in [0.3, 0.4) is 0 Å². The summed E-state index contributed by atoms with van der Waals surface area (Å²) in [6.45, 7) is 22.8. The van der Waals surface area contributed by atoms with Crippen LogP contribution in [0, 0.1) is 22.7 Å². The Labute approximate surface area is 167 Å². The first-order valence-corrected chi connectivity index (χ1v) is 11.6. The van der Waals surface area contributed by atoms with E-state index in [9.17, 15) is 0 Å². The molecule has 0 nitrogen and oxygen atoms in total. The molecule has 2 rings (SSSR count). The fraction of sp³-hybridized carbons (Fsp3) is 0.636. The molecule has 0 aromatic carbocycles. The van der Waals surface area contributed by atoms with Crippen LogP contribution in [-0.4, -0.2) is 9.52 Å². The van der Waals surface area contributed by atoms with Crippen molar-refractivity contribution >= 4 is 32.7 Å². The molecular formula is C22H34Cl2Si. The van der Waals surface area contributed by atoms with Gasteiger partial charge in [-0.05, 0) is 46.2 Å². The summed E-state index contributed by atoms with van der Waals surface area (Å²) in [6.07, 6.45) is 0. The van der Waals surface area contributed by atoms with E-state index in [1.807, 2.05) is 0 Å². The molecule has 0 saturated carbocycles. The van der Waals surface area contributed by atoms with Gasteiger partial charge in [0, 0.05) is 21.9 Å². The Morgan fingerprint density at radius 1 is 0.680 bits per heavy atom. The van der Waals surface area contributed by atoms with Crippen molar-refractivity contribution < 1.29 is 0 Å².